The van der Waals surface area contributed by atoms with Crippen LogP contribution in [0.15, 0.2) is 58.2 Å². The van der Waals surface area contributed by atoms with Crippen LogP contribution in [0.4, 0.5) is 0 Å². The third-order valence-electron chi connectivity index (χ3n) is 5.56. The number of methoxy groups -OCH3 is 2. The van der Waals surface area contributed by atoms with Gasteiger partial charge in [0.05, 0.1) is 31.7 Å². The Balaban J connectivity index is 1.88. The predicted octanol–water partition coefficient (Wildman–Crippen LogP) is 5.13. The maximum atomic E-state index is 5.65. The van der Waals surface area contributed by atoms with E-state index in [4.69, 9.17) is 19.6 Å². The Hall–Kier alpha value is -2.93. The zero-order chi connectivity index (χ0) is 21.6. The molecule has 1 aromatic carbocycles. The Kier molecular flexibility index (Phi) is 6.82. The zero-order valence-corrected chi connectivity index (χ0v) is 19.1. The van der Waals surface area contributed by atoms with Gasteiger partial charge < -0.3 is 9.47 Å². The molecule has 0 amide bonds. The van der Waals surface area contributed by atoms with Gasteiger partial charge in [0.15, 0.2) is 0 Å². The second-order valence-corrected chi connectivity index (χ2v) is 8.47. The Bertz CT molecular complexity index is 1110. The molecule has 0 unspecified atom stereocenters. The van der Waals surface area contributed by atoms with E-state index in [1.165, 1.54) is 19.3 Å². The molecule has 0 saturated heterocycles. The molecule has 7 heteroatoms. The van der Waals surface area contributed by atoms with E-state index in [0.717, 1.165) is 51.7 Å². The summed E-state index contributed by atoms with van der Waals surface area (Å²) < 4.78 is 13.1. The Morgan fingerprint density at radius 1 is 1.13 bits per heavy atom. The smallest absolute Gasteiger partial charge is 0.206 e. The van der Waals surface area contributed by atoms with Gasteiger partial charge in [-0.25, -0.2) is 4.68 Å². The lowest BCUT2D eigenvalue weighted by Gasteiger charge is -2.17. The molecule has 0 atom stereocenters. The van der Waals surface area contributed by atoms with Gasteiger partial charge in [-0.2, -0.15) is 5.10 Å². The van der Waals surface area contributed by atoms with Gasteiger partial charge in [0.2, 0.25) is 4.80 Å². The molecule has 6 nitrogen and oxygen atoms in total. The first kappa shape index (κ1) is 21.3. The Morgan fingerprint density at radius 2 is 1.97 bits per heavy atom. The van der Waals surface area contributed by atoms with Crippen LogP contribution in [-0.4, -0.2) is 35.6 Å². The second-order valence-electron chi connectivity index (χ2n) is 7.63. The van der Waals surface area contributed by atoms with E-state index in [1.807, 2.05) is 48.1 Å². The number of benzene rings is 1. The van der Waals surface area contributed by atoms with Gasteiger partial charge in [-0.15, -0.1) is 11.3 Å². The highest BCUT2D eigenvalue weighted by atomic mass is 32.1. The van der Waals surface area contributed by atoms with Crippen molar-refractivity contribution in [3.63, 3.8) is 0 Å². The lowest BCUT2D eigenvalue weighted by molar-refractivity contribution is 0.404. The monoisotopic (exact) mass is 436 g/mol. The molecule has 0 bridgehead atoms. The van der Waals surface area contributed by atoms with Gasteiger partial charge >= 0.3 is 0 Å². The molecule has 2 heterocycles. The molecular formula is C24H28N4O2S. The van der Waals surface area contributed by atoms with Crippen LogP contribution in [0.1, 0.15) is 44.6 Å². The van der Waals surface area contributed by atoms with E-state index in [9.17, 15) is 0 Å². The summed E-state index contributed by atoms with van der Waals surface area (Å²) in [7, 11) is 3.35. The van der Waals surface area contributed by atoms with E-state index in [0.29, 0.717) is 6.04 Å². The second kappa shape index (κ2) is 9.92. The van der Waals surface area contributed by atoms with Crippen LogP contribution >= 0.6 is 11.3 Å². The lowest BCUT2D eigenvalue weighted by atomic mass is 9.96. The first-order chi connectivity index (χ1) is 15.2. The molecule has 0 spiro atoms. The van der Waals surface area contributed by atoms with Gasteiger partial charge in [0.25, 0.3) is 0 Å². The predicted molar refractivity (Wildman–Crippen MR) is 125 cm³/mol. The molecule has 0 radical (unpaired) electrons. The molecule has 1 fully saturated rings. The fraction of sp³-hybridized carbons (Fsp3) is 0.375. The van der Waals surface area contributed by atoms with Crippen molar-refractivity contribution >= 4 is 17.0 Å². The average molecular weight is 437 g/mol. The van der Waals surface area contributed by atoms with E-state index in [-0.39, 0.29) is 0 Å². The standard InChI is InChI=1S/C24H28N4O2S/c1-17(18-8-7-13-25-15-18)27-28-22(21-14-20(29-2)11-12-23(21)30-3)16-31-24(28)26-19-9-5-4-6-10-19/h7-8,11-16,19H,4-6,9-10H2,1-3H3/b26-24?,27-17+. The number of rotatable bonds is 6. The van der Waals surface area contributed by atoms with Crippen LogP contribution in [0.3, 0.4) is 0 Å². The van der Waals surface area contributed by atoms with Gasteiger partial charge in [0.1, 0.15) is 11.5 Å². The van der Waals surface area contributed by atoms with E-state index in [2.05, 4.69) is 10.4 Å². The van der Waals surface area contributed by atoms with Crippen LogP contribution in [0, 0.1) is 0 Å². The number of ether oxygens (including phenoxy) is 2. The molecule has 31 heavy (non-hydrogen) atoms. The molecule has 4 rings (SSSR count). The van der Waals surface area contributed by atoms with E-state index < -0.39 is 0 Å². The topological polar surface area (TPSA) is 61.0 Å². The van der Waals surface area contributed by atoms with Crippen LogP contribution in [-0.2, 0) is 0 Å². The highest BCUT2D eigenvalue weighted by Gasteiger charge is 2.17. The molecule has 162 valence electrons. The van der Waals surface area contributed by atoms with Crippen LogP contribution in [0.5, 0.6) is 11.5 Å². The summed E-state index contributed by atoms with van der Waals surface area (Å²) in [6.45, 7) is 2.00. The van der Waals surface area contributed by atoms with Crippen molar-refractivity contribution in [2.75, 3.05) is 14.2 Å². The molecule has 0 aliphatic heterocycles. The van der Waals surface area contributed by atoms with Crippen LogP contribution in [0.2, 0.25) is 0 Å². The fourth-order valence-corrected chi connectivity index (χ4v) is 4.73. The minimum absolute atomic E-state index is 0.354. The van der Waals surface area contributed by atoms with Crippen LogP contribution < -0.4 is 14.3 Å². The average Bonchev–Trinajstić information content (AvgIpc) is 3.21. The SMILES string of the molecule is COc1ccc(OC)c(-c2csc(=NC3CCCCC3)n2/N=C(\C)c2cccnc2)c1. The number of aromatic nitrogens is 2. The number of hydrogen-bond acceptors (Lipinski definition) is 6. The van der Waals surface area contributed by atoms with E-state index >= 15 is 0 Å². The molecule has 1 saturated carbocycles. The maximum Gasteiger partial charge on any atom is 0.206 e. The largest absolute Gasteiger partial charge is 0.497 e. The summed E-state index contributed by atoms with van der Waals surface area (Å²) in [6.07, 6.45) is 9.67. The van der Waals surface area contributed by atoms with Crippen molar-refractivity contribution in [3.05, 3.63) is 58.5 Å². The number of nitrogens with zero attached hydrogens (tertiary/aromatic N) is 4. The van der Waals surface area contributed by atoms with Gasteiger partial charge in [-0.3, -0.25) is 9.98 Å². The molecule has 0 N–H and O–H groups in total. The molecular weight excluding hydrogens is 408 g/mol. The first-order valence-corrected chi connectivity index (χ1v) is 11.5. The van der Waals surface area contributed by atoms with E-state index in [1.54, 1.807) is 31.8 Å². The third kappa shape index (κ3) is 4.88. The van der Waals surface area contributed by atoms with Crippen molar-refractivity contribution in [2.24, 2.45) is 10.1 Å². The normalized spacial score (nSPS) is 15.8. The Labute approximate surface area is 186 Å². The first-order valence-electron chi connectivity index (χ1n) is 10.6. The molecule has 3 aromatic rings. The minimum Gasteiger partial charge on any atom is -0.497 e. The highest BCUT2D eigenvalue weighted by molar-refractivity contribution is 7.07. The minimum atomic E-state index is 0.354. The Morgan fingerprint density at radius 3 is 2.68 bits per heavy atom. The third-order valence-corrected chi connectivity index (χ3v) is 6.40. The number of hydrogen-bond donors (Lipinski definition) is 0. The van der Waals surface area contributed by atoms with Gasteiger partial charge in [-0.05, 0) is 44.0 Å². The zero-order valence-electron chi connectivity index (χ0n) is 18.2. The molecule has 1 aliphatic rings. The van der Waals surface area contributed by atoms with Crippen molar-refractivity contribution in [3.8, 4) is 22.8 Å². The van der Waals surface area contributed by atoms with Crippen molar-refractivity contribution < 1.29 is 9.47 Å². The lowest BCUT2D eigenvalue weighted by Crippen LogP contribution is -2.20. The number of thiazole rings is 1. The fourth-order valence-electron chi connectivity index (χ4n) is 3.84. The summed E-state index contributed by atoms with van der Waals surface area (Å²) in [4.78, 5) is 10.2. The van der Waals surface area contributed by atoms with Crippen molar-refractivity contribution in [1.29, 1.82) is 0 Å². The van der Waals surface area contributed by atoms with Gasteiger partial charge in [0, 0.05) is 28.9 Å². The van der Waals surface area contributed by atoms with Crippen LogP contribution in [0.25, 0.3) is 11.3 Å². The van der Waals surface area contributed by atoms with Crippen molar-refractivity contribution in [1.82, 2.24) is 9.66 Å². The summed E-state index contributed by atoms with van der Waals surface area (Å²) in [5.74, 6) is 1.54. The summed E-state index contributed by atoms with van der Waals surface area (Å²) in [6, 6.07) is 10.1. The summed E-state index contributed by atoms with van der Waals surface area (Å²) in [5.41, 5.74) is 3.71. The maximum absolute atomic E-state index is 5.65. The highest BCUT2D eigenvalue weighted by Crippen LogP contribution is 2.34. The van der Waals surface area contributed by atoms with Gasteiger partial charge in [-0.1, -0.05) is 25.3 Å². The summed E-state index contributed by atoms with van der Waals surface area (Å²) >= 11 is 1.61. The quantitative estimate of drug-likeness (QED) is 0.503. The molecule has 1 aliphatic carbocycles. The molecule has 2 aromatic heterocycles. The van der Waals surface area contributed by atoms with Crippen molar-refractivity contribution in [2.45, 2.75) is 45.1 Å². The summed E-state index contributed by atoms with van der Waals surface area (Å²) in [5, 5.41) is 7.07. The number of pyridine rings is 1.